The highest BCUT2D eigenvalue weighted by Gasteiger charge is 2.60. The molecule has 2 aliphatic rings. The third-order valence-electron chi connectivity index (χ3n) is 5.49. The number of rotatable bonds is 4. The summed E-state index contributed by atoms with van der Waals surface area (Å²) in [7, 11) is 0. The fraction of sp³-hybridized carbons (Fsp3) is 0.136. The zero-order chi connectivity index (χ0) is 21.5. The van der Waals surface area contributed by atoms with E-state index in [1.54, 1.807) is 29.6 Å². The van der Waals surface area contributed by atoms with Gasteiger partial charge in [-0.3, -0.25) is 29.5 Å². The van der Waals surface area contributed by atoms with Gasteiger partial charge in [0.05, 0.1) is 22.3 Å². The molecule has 2 fully saturated rings. The number of benzene rings is 2. The minimum atomic E-state index is -0.999. The summed E-state index contributed by atoms with van der Waals surface area (Å²) >= 11 is 0. The average molecular weight is 416 g/mol. The number of hydrogen-bond acceptors (Lipinski definition) is 7. The lowest BCUT2D eigenvalue weighted by molar-refractivity contribution is -0.384. The highest BCUT2D eigenvalue weighted by Crippen LogP contribution is 2.47. The summed E-state index contributed by atoms with van der Waals surface area (Å²) in [6.07, 6.45) is 2.25. The van der Waals surface area contributed by atoms with Gasteiger partial charge in [-0.1, -0.05) is 18.2 Å². The van der Waals surface area contributed by atoms with E-state index in [4.69, 9.17) is 4.84 Å². The summed E-state index contributed by atoms with van der Waals surface area (Å²) in [5.74, 6) is -1.68. The summed E-state index contributed by atoms with van der Waals surface area (Å²) in [5.41, 5.74) is 1.67. The number of nitro benzene ring substituents is 1. The molecule has 3 aromatic rings. The SMILES string of the molecule is O=C1[C@@H]2[C@@H](ON(c3ccccc3)[C@H]2c2ccncc2)C(=O)N1c1ccc([N+](=O)[O-])cc1. The first-order valence-corrected chi connectivity index (χ1v) is 9.59. The van der Waals surface area contributed by atoms with E-state index in [1.807, 2.05) is 30.3 Å². The molecule has 0 spiro atoms. The third kappa shape index (κ3) is 3.03. The maximum absolute atomic E-state index is 13.4. The van der Waals surface area contributed by atoms with E-state index in [-0.39, 0.29) is 11.4 Å². The first-order chi connectivity index (χ1) is 15.1. The van der Waals surface area contributed by atoms with E-state index in [0.717, 1.165) is 16.2 Å². The molecular weight excluding hydrogens is 400 g/mol. The van der Waals surface area contributed by atoms with E-state index in [1.165, 1.54) is 24.3 Å². The number of fused-ring (bicyclic) bond motifs is 1. The van der Waals surface area contributed by atoms with Crippen LogP contribution in [0.5, 0.6) is 0 Å². The normalized spacial score (nSPS) is 22.6. The van der Waals surface area contributed by atoms with E-state index in [0.29, 0.717) is 0 Å². The number of nitrogens with zero attached hydrogens (tertiary/aromatic N) is 4. The summed E-state index contributed by atoms with van der Waals surface area (Å²) in [5, 5.41) is 12.5. The lowest BCUT2D eigenvalue weighted by Crippen LogP contribution is -2.37. The number of pyridine rings is 1. The van der Waals surface area contributed by atoms with Gasteiger partial charge < -0.3 is 0 Å². The van der Waals surface area contributed by atoms with Crippen LogP contribution >= 0.6 is 0 Å². The Morgan fingerprint density at radius 3 is 2.19 bits per heavy atom. The topological polar surface area (TPSA) is 106 Å². The number of non-ortho nitro benzene ring substituents is 1. The lowest BCUT2D eigenvalue weighted by Gasteiger charge is -2.28. The monoisotopic (exact) mass is 416 g/mol. The van der Waals surface area contributed by atoms with Crippen molar-refractivity contribution in [1.29, 1.82) is 0 Å². The predicted octanol–water partition coefficient (Wildman–Crippen LogP) is 3.04. The van der Waals surface area contributed by atoms with Crippen LogP contribution in [0.15, 0.2) is 79.1 Å². The molecule has 0 N–H and O–H groups in total. The maximum atomic E-state index is 13.4. The second-order valence-corrected chi connectivity index (χ2v) is 7.22. The van der Waals surface area contributed by atoms with Crippen molar-refractivity contribution in [2.75, 3.05) is 9.96 Å². The van der Waals surface area contributed by atoms with Gasteiger partial charge >= 0.3 is 0 Å². The Hall–Kier alpha value is -4.11. The van der Waals surface area contributed by atoms with Crippen molar-refractivity contribution in [1.82, 2.24) is 4.98 Å². The number of hydrogen-bond donors (Lipinski definition) is 0. The number of aromatic nitrogens is 1. The minimum Gasteiger partial charge on any atom is -0.273 e. The predicted molar refractivity (Wildman–Crippen MR) is 110 cm³/mol. The van der Waals surface area contributed by atoms with Crippen LogP contribution in [0.1, 0.15) is 11.6 Å². The number of nitro groups is 1. The van der Waals surface area contributed by atoms with Crippen LogP contribution in [0.2, 0.25) is 0 Å². The largest absolute Gasteiger partial charge is 0.273 e. The van der Waals surface area contributed by atoms with Gasteiger partial charge in [0, 0.05) is 24.5 Å². The van der Waals surface area contributed by atoms with E-state index >= 15 is 0 Å². The standard InChI is InChI=1S/C22H16N4O5/c27-21-18-19(14-10-12-23-13-11-14)25(16-4-2-1-3-5-16)31-20(18)22(28)24(21)15-6-8-17(9-7-15)26(29)30/h1-13,18-20H/t18-,19-,20+/m0/s1. The highest BCUT2D eigenvalue weighted by molar-refractivity contribution is 6.23. The molecule has 3 heterocycles. The fourth-order valence-electron chi connectivity index (χ4n) is 4.09. The first-order valence-electron chi connectivity index (χ1n) is 9.59. The van der Waals surface area contributed by atoms with Gasteiger partial charge in [0.1, 0.15) is 5.92 Å². The van der Waals surface area contributed by atoms with Gasteiger partial charge in [-0.25, -0.2) is 9.96 Å². The molecule has 0 bridgehead atoms. The number of anilines is 2. The molecule has 9 nitrogen and oxygen atoms in total. The van der Waals surface area contributed by atoms with Crippen LogP contribution in [0.4, 0.5) is 17.1 Å². The van der Waals surface area contributed by atoms with Crippen molar-refractivity contribution in [2.45, 2.75) is 12.1 Å². The third-order valence-corrected chi connectivity index (χ3v) is 5.49. The summed E-state index contributed by atoms with van der Waals surface area (Å²) in [6.45, 7) is 0. The zero-order valence-electron chi connectivity index (χ0n) is 16.1. The second kappa shape index (κ2) is 7.29. The van der Waals surface area contributed by atoms with E-state index in [9.17, 15) is 19.7 Å². The van der Waals surface area contributed by atoms with Crippen LogP contribution in [0.25, 0.3) is 0 Å². The van der Waals surface area contributed by atoms with Crippen LogP contribution in [-0.4, -0.2) is 27.8 Å². The van der Waals surface area contributed by atoms with Crippen LogP contribution < -0.4 is 9.96 Å². The van der Waals surface area contributed by atoms with Crippen molar-refractivity contribution >= 4 is 28.9 Å². The zero-order valence-corrected chi connectivity index (χ0v) is 16.1. The fourth-order valence-corrected chi connectivity index (χ4v) is 4.09. The van der Waals surface area contributed by atoms with Crippen molar-refractivity contribution in [3.63, 3.8) is 0 Å². The molecule has 1 aromatic heterocycles. The van der Waals surface area contributed by atoms with Crippen LogP contribution in [-0.2, 0) is 14.4 Å². The molecule has 9 heteroatoms. The van der Waals surface area contributed by atoms with Gasteiger partial charge in [-0.15, -0.1) is 0 Å². The number of carbonyl (C=O) groups is 2. The molecule has 5 rings (SSSR count). The van der Waals surface area contributed by atoms with Gasteiger partial charge in [0.2, 0.25) is 5.91 Å². The summed E-state index contributed by atoms with van der Waals surface area (Å²) in [6, 6.07) is 17.6. The Morgan fingerprint density at radius 2 is 1.55 bits per heavy atom. The average Bonchev–Trinajstić information content (AvgIpc) is 3.31. The molecule has 0 saturated carbocycles. The van der Waals surface area contributed by atoms with Gasteiger partial charge in [0.15, 0.2) is 6.10 Å². The highest BCUT2D eigenvalue weighted by atomic mass is 16.7. The number of para-hydroxylation sites is 1. The molecule has 0 unspecified atom stereocenters. The molecule has 2 aromatic carbocycles. The smallest absolute Gasteiger partial charge is 0.269 e. The van der Waals surface area contributed by atoms with Crippen molar-refractivity contribution in [2.24, 2.45) is 5.92 Å². The van der Waals surface area contributed by atoms with Gasteiger partial charge in [-0.05, 0) is 42.0 Å². The summed E-state index contributed by atoms with van der Waals surface area (Å²) in [4.78, 5) is 48.1. The molecule has 2 amide bonds. The van der Waals surface area contributed by atoms with Crippen molar-refractivity contribution in [3.8, 4) is 0 Å². The Balaban J connectivity index is 1.54. The molecule has 154 valence electrons. The van der Waals surface area contributed by atoms with Crippen LogP contribution in [0.3, 0.4) is 0 Å². The molecule has 0 radical (unpaired) electrons. The van der Waals surface area contributed by atoms with Crippen molar-refractivity contribution < 1.29 is 19.3 Å². The number of carbonyl (C=O) groups excluding carboxylic acids is 2. The Morgan fingerprint density at radius 1 is 0.871 bits per heavy atom. The molecule has 2 aliphatic heterocycles. The second-order valence-electron chi connectivity index (χ2n) is 7.22. The quantitative estimate of drug-likeness (QED) is 0.366. The van der Waals surface area contributed by atoms with E-state index < -0.39 is 34.8 Å². The Kier molecular flexibility index (Phi) is 4.45. The van der Waals surface area contributed by atoms with Gasteiger partial charge in [0.25, 0.3) is 11.6 Å². The number of imide groups is 1. The van der Waals surface area contributed by atoms with Gasteiger partial charge in [-0.2, -0.15) is 0 Å². The molecule has 31 heavy (non-hydrogen) atoms. The maximum Gasteiger partial charge on any atom is 0.269 e. The molecule has 2 saturated heterocycles. The van der Waals surface area contributed by atoms with Crippen molar-refractivity contribution in [3.05, 3.63) is 94.8 Å². The first kappa shape index (κ1) is 18.9. The van der Waals surface area contributed by atoms with Crippen LogP contribution in [0, 0.1) is 16.0 Å². The molecule has 0 aliphatic carbocycles. The molecular formula is C22H16N4O5. The lowest BCUT2D eigenvalue weighted by atomic mass is 9.91. The Bertz CT molecular complexity index is 1150. The number of amides is 2. The summed E-state index contributed by atoms with van der Waals surface area (Å²) < 4.78 is 0. The molecule has 3 atom stereocenters. The minimum absolute atomic E-state index is 0.121. The Labute approximate surface area is 176 Å². The number of hydroxylamine groups is 1. The van der Waals surface area contributed by atoms with E-state index in [2.05, 4.69) is 4.98 Å².